The molecule has 1 aliphatic carbocycles. The molecule has 4 aromatic carbocycles. The summed E-state index contributed by atoms with van der Waals surface area (Å²) in [5.74, 6) is 0.918. The van der Waals surface area contributed by atoms with Crippen LogP contribution in [0.2, 0.25) is 0 Å². The molecule has 1 N–H and O–H groups in total. The van der Waals surface area contributed by atoms with Crippen LogP contribution in [0.5, 0.6) is 0 Å². The molecule has 0 atom stereocenters. The number of benzene rings is 4. The van der Waals surface area contributed by atoms with E-state index in [0.29, 0.717) is 31.8 Å². The second-order valence-corrected chi connectivity index (χ2v) is 10.9. The molecule has 9 heteroatoms. The molecule has 1 aliphatic rings. The summed E-state index contributed by atoms with van der Waals surface area (Å²) in [7, 11) is 0. The Balaban J connectivity index is 0.937. The highest BCUT2D eigenvalue weighted by molar-refractivity contribution is 5.80. The highest BCUT2D eigenvalue weighted by atomic mass is 16.6. The molecule has 0 unspecified atom stereocenters. The van der Waals surface area contributed by atoms with Crippen molar-refractivity contribution in [1.29, 1.82) is 0 Å². The van der Waals surface area contributed by atoms with Crippen LogP contribution in [0.3, 0.4) is 0 Å². The van der Waals surface area contributed by atoms with Gasteiger partial charge in [0.05, 0.1) is 22.6 Å². The summed E-state index contributed by atoms with van der Waals surface area (Å²) in [6.07, 6.45) is 1.93. The van der Waals surface area contributed by atoms with Crippen molar-refractivity contribution >= 4 is 22.8 Å². The molecule has 1 heterocycles. The van der Waals surface area contributed by atoms with E-state index in [1.807, 2.05) is 42.5 Å². The molecule has 0 radical (unpaired) electrons. The van der Waals surface area contributed by atoms with Crippen LogP contribution >= 0.6 is 0 Å². The minimum Gasteiger partial charge on any atom is -0.449 e. The zero-order chi connectivity index (χ0) is 30.3. The zero-order valence-corrected chi connectivity index (χ0v) is 24.4. The van der Waals surface area contributed by atoms with E-state index < -0.39 is 11.0 Å². The topological polar surface area (TPSA) is 109 Å². The Bertz CT molecular complexity index is 1720. The van der Waals surface area contributed by atoms with Gasteiger partial charge in [0.2, 0.25) is 0 Å². The van der Waals surface area contributed by atoms with Gasteiger partial charge in [-0.05, 0) is 46.7 Å². The molecular formula is C35H34N4O5. The third-order valence-corrected chi connectivity index (χ3v) is 8.00. The number of unbranched alkanes of at least 4 members (excludes halogenated alkanes) is 1. The van der Waals surface area contributed by atoms with Crippen LogP contribution in [-0.4, -0.2) is 46.9 Å². The first kappa shape index (κ1) is 29.1. The normalized spacial score (nSPS) is 12.2. The lowest BCUT2D eigenvalue weighted by atomic mass is 9.98. The fourth-order valence-corrected chi connectivity index (χ4v) is 5.88. The number of aromatic nitrogens is 2. The van der Waals surface area contributed by atoms with Crippen molar-refractivity contribution in [3.05, 3.63) is 130 Å². The van der Waals surface area contributed by atoms with Crippen LogP contribution < -0.4 is 5.32 Å². The molecule has 9 nitrogen and oxygen atoms in total. The van der Waals surface area contributed by atoms with Crippen molar-refractivity contribution in [1.82, 2.24) is 14.9 Å². The van der Waals surface area contributed by atoms with Gasteiger partial charge >= 0.3 is 6.09 Å². The summed E-state index contributed by atoms with van der Waals surface area (Å²) in [5.41, 5.74) is 7.44. The number of alkyl carbamates (subject to hydrolysis) is 1. The second kappa shape index (κ2) is 13.5. The number of carbonyl (C=O) groups is 1. The van der Waals surface area contributed by atoms with Crippen LogP contribution in [0, 0.1) is 10.1 Å². The predicted octanol–water partition coefficient (Wildman–Crippen LogP) is 6.87. The van der Waals surface area contributed by atoms with Crippen LogP contribution in [0.4, 0.5) is 10.5 Å². The van der Waals surface area contributed by atoms with Gasteiger partial charge in [0, 0.05) is 44.2 Å². The Hall–Kier alpha value is -5.02. The standard InChI is InChI=1S/C35H34N4O5/c40-35(44-24-31-29-14-6-4-12-27(29)28-13-5-7-15-30(28)31)36-19-21-43-20-9-8-16-34-37-32-22-26(39(41)42)17-18-33(32)38(34)23-25-10-2-1-3-11-25/h1-7,10-15,17-18,22,31H,8-9,16,19-21,23-24H2,(H,36,40). The number of ether oxygens (including phenoxy) is 2. The Labute approximate surface area is 255 Å². The van der Waals surface area contributed by atoms with Gasteiger partial charge in [0.1, 0.15) is 12.4 Å². The number of rotatable bonds is 13. The molecule has 1 aromatic heterocycles. The van der Waals surface area contributed by atoms with E-state index in [0.717, 1.165) is 36.2 Å². The van der Waals surface area contributed by atoms with E-state index in [4.69, 9.17) is 14.5 Å². The van der Waals surface area contributed by atoms with Crippen molar-refractivity contribution in [3.63, 3.8) is 0 Å². The van der Waals surface area contributed by atoms with E-state index in [2.05, 4.69) is 46.3 Å². The highest BCUT2D eigenvalue weighted by Crippen LogP contribution is 2.44. The van der Waals surface area contributed by atoms with Gasteiger partial charge in [-0.25, -0.2) is 9.78 Å². The molecule has 5 aromatic rings. The Kier molecular flexibility index (Phi) is 8.93. The minimum atomic E-state index is -0.451. The van der Waals surface area contributed by atoms with Gasteiger partial charge < -0.3 is 19.4 Å². The molecular weight excluding hydrogens is 556 g/mol. The number of nitro groups is 1. The van der Waals surface area contributed by atoms with E-state index in [1.165, 1.54) is 34.4 Å². The molecule has 0 saturated heterocycles. The third-order valence-electron chi connectivity index (χ3n) is 8.00. The van der Waals surface area contributed by atoms with Crippen molar-refractivity contribution in [2.45, 2.75) is 31.7 Å². The molecule has 6 rings (SSSR count). The van der Waals surface area contributed by atoms with Crippen LogP contribution in [0.1, 0.15) is 41.3 Å². The smallest absolute Gasteiger partial charge is 0.407 e. The van der Waals surface area contributed by atoms with Gasteiger partial charge in [-0.3, -0.25) is 10.1 Å². The fourth-order valence-electron chi connectivity index (χ4n) is 5.88. The number of non-ortho nitro benzene ring substituents is 1. The molecule has 224 valence electrons. The summed E-state index contributed by atoms with van der Waals surface area (Å²) in [6, 6.07) is 31.5. The molecule has 1 amide bonds. The van der Waals surface area contributed by atoms with Gasteiger partial charge in [-0.2, -0.15) is 0 Å². The van der Waals surface area contributed by atoms with Crippen LogP contribution in [-0.2, 0) is 22.4 Å². The van der Waals surface area contributed by atoms with Crippen molar-refractivity contribution in [2.75, 3.05) is 26.4 Å². The summed E-state index contributed by atoms with van der Waals surface area (Å²) in [5, 5.41) is 14.1. The summed E-state index contributed by atoms with van der Waals surface area (Å²) in [6.45, 7) is 2.23. The molecule has 44 heavy (non-hydrogen) atoms. The Morgan fingerprint density at radius 1 is 0.886 bits per heavy atom. The first-order valence-electron chi connectivity index (χ1n) is 14.9. The van der Waals surface area contributed by atoms with E-state index >= 15 is 0 Å². The fraction of sp³-hybridized carbons (Fsp3) is 0.257. The predicted molar refractivity (Wildman–Crippen MR) is 169 cm³/mol. The minimum absolute atomic E-state index is 0.0281. The number of amides is 1. The van der Waals surface area contributed by atoms with Crippen LogP contribution in [0.15, 0.2) is 97.1 Å². The number of nitro benzene ring substituents is 1. The number of aryl methyl sites for hydroxylation is 1. The number of imidazole rings is 1. The number of nitrogens with one attached hydrogen (secondary N) is 1. The highest BCUT2D eigenvalue weighted by Gasteiger charge is 2.29. The molecule has 0 fully saturated rings. The van der Waals surface area contributed by atoms with E-state index in [-0.39, 0.29) is 18.2 Å². The molecule has 0 aliphatic heterocycles. The van der Waals surface area contributed by atoms with Gasteiger partial charge in [0.15, 0.2) is 0 Å². The SMILES string of the molecule is O=C(NCCOCCCCc1nc2cc([N+](=O)[O-])ccc2n1Cc1ccccc1)OCC1c2ccccc2-c2ccccc21. The van der Waals surface area contributed by atoms with E-state index in [9.17, 15) is 14.9 Å². The molecule has 0 spiro atoms. The summed E-state index contributed by atoms with van der Waals surface area (Å²) < 4.78 is 13.5. The van der Waals surface area contributed by atoms with Crippen molar-refractivity contribution in [2.24, 2.45) is 0 Å². The van der Waals surface area contributed by atoms with Gasteiger partial charge in [-0.1, -0.05) is 78.9 Å². The third kappa shape index (κ3) is 6.48. The quantitative estimate of drug-likeness (QED) is 0.0911. The average molecular weight is 591 g/mol. The first-order chi connectivity index (χ1) is 21.6. The maximum Gasteiger partial charge on any atom is 0.407 e. The number of fused-ring (bicyclic) bond motifs is 4. The number of hydrogen-bond acceptors (Lipinski definition) is 6. The average Bonchev–Trinajstić information content (AvgIpc) is 3.56. The van der Waals surface area contributed by atoms with Crippen LogP contribution in [0.25, 0.3) is 22.2 Å². The first-order valence-corrected chi connectivity index (χ1v) is 14.9. The molecule has 0 bridgehead atoms. The van der Waals surface area contributed by atoms with Gasteiger partial charge in [0.25, 0.3) is 5.69 Å². The maximum absolute atomic E-state index is 12.4. The zero-order valence-electron chi connectivity index (χ0n) is 24.4. The largest absolute Gasteiger partial charge is 0.449 e. The van der Waals surface area contributed by atoms with Crippen molar-refractivity contribution < 1.29 is 19.2 Å². The summed E-state index contributed by atoms with van der Waals surface area (Å²) in [4.78, 5) is 28.0. The number of hydrogen-bond donors (Lipinski definition) is 1. The summed E-state index contributed by atoms with van der Waals surface area (Å²) >= 11 is 0. The number of carbonyl (C=O) groups excluding carboxylic acids is 1. The Morgan fingerprint density at radius 3 is 2.32 bits per heavy atom. The van der Waals surface area contributed by atoms with E-state index in [1.54, 1.807) is 6.07 Å². The van der Waals surface area contributed by atoms with Gasteiger partial charge in [-0.15, -0.1) is 0 Å². The maximum atomic E-state index is 12.4. The number of nitrogens with zero attached hydrogens (tertiary/aromatic N) is 3. The van der Waals surface area contributed by atoms with Crippen molar-refractivity contribution in [3.8, 4) is 11.1 Å². The monoisotopic (exact) mass is 590 g/mol. The lowest BCUT2D eigenvalue weighted by molar-refractivity contribution is -0.384. The molecule has 0 saturated carbocycles. The second-order valence-electron chi connectivity index (χ2n) is 10.9. The Morgan fingerprint density at radius 2 is 1.59 bits per heavy atom. The lowest BCUT2D eigenvalue weighted by Crippen LogP contribution is -2.29. The lowest BCUT2D eigenvalue weighted by Gasteiger charge is -2.14.